The van der Waals surface area contributed by atoms with Gasteiger partial charge >= 0.3 is 100 Å². The Kier molecular flexibility index (Phi) is 8.27. The summed E-state index contributed by atoms with van der Waals surface area (Å²) < 4.78 is 22.1. The van der Waals surface area contributed by atoms with Gasteiger partial charge in [-0.2, -0.15) is 0 Å². The van der Waals surface area contributed by atoms with E-state index in [1.54, 1.807) is 14.2 Å². The second-order valence-electron chi connectivity index (χ2n) is 4.32. The summed E-state index contributed by atoms with van der Waals surface area (Å²) in [6.45, 7) is 9.61. The summed E-state index contributed by atoms with van der Waals surface area (Å²) in [5.74, 6) is 0.912. The van der Waals surface area contributed by atoms with E-state index in [0.717, 1.165) is 0 Å². The quantitative estimate of drug-likeness (QED) is 0.600. The van der Waals surface area contributed by atoms with Crippen molar-refractivity contribution in [2.75, 3.05) is 27.4 Å². The van der Waals surface area contributed by atoms with E-state index >= 15 is 0 Å². The van der Waals surface area contributed by atoms with E-state index in [1.165, 1.54) is 0 Å². The molecular weight excluding hydrogens is 363 g/mol. The van der Waals surface area contributed by atoms with Gasteiger partial charge in [-0.1, -0.05) is 0 Å². The van der Waals surface area contributed by atoms with Crippen molar-refractivity contribution in [3.8, 4) is 0 Å². The van der Waals surface area contributed by atoms with Crippen molar-refractivity contribution in [1.82, 2.24) is 0 Å². The van der Waals surface area contributed by atoms with Crippen LogP contribution in [0.5, 0.6) is 0 Å². The van der Waals surface area contributed by atoms with Crippen LogP contribution >= 0.6 is 0 Å². The molecule has 0 fully saturated rings. The molecule has 0 aliphatic carbocycles. The average molecular weight is 387 g/mol. The first-order chi connectivity index (χ1) is 6.95. The summed E-state index contributed by atoms with van der Waals surface area (Å²) in [7, 11) is 3.21. The van der Waals surface area contributed by atoms with Gasteiger partial charge in [-0.05, 0) is 0 Å². The molecule has 4 nitrogen and oxygen atoms in total. The van der Waals surface area contributed by atoms with E-state index in [0.29, 0.717) is 25.0 Å². The molecule has 0 aromatic heterocycles. The Labute approximate surface area is 100.0 Å². The van der Waals surface area contributed by atoms with E-state index in [1.807, 2.05) is 0 Å². The van der Waals surface area contributed by atoms with Gasteiger partial charge in [0.05, 0.1) is 0 Å². The third-order valence-electron chi connectivity index (χ3n) is 1.69. The molecule has 0 radical (unpaired) electrons. The molecule has 0 aromatic rings. The molecule has 0 aromatic carbocycles. The first-order valence-electron chi connectivity index (χ1n) is 5.34. The van der Waals surface area contributed by atoms with Crippen LogP contribution in [0.4, 0.5) is 0 Å². The molecule has 0 bridgehead atoms. The molecule has 0 aliphatic heterocycles. The Morgan fingerprint density at radius 1 is 0.800 bits per heavy atom. The van der Waals surface area contributed by atoms with Crippen LogP contribution in [0, 0.1) is 11.8 Å². The number of hydrogen-bond acceptors (Lipinski definition) is 4. The number of rotatable bonds is 8. The maximum atomic E-state index is 5.70. The second kappa shape index (κ2) is 7.90. The van der Waals surface area contributed by atoms with Crippen LogP contribution in [0.15, 0.2) is 0 Å². The molecule has 0 saturated carbocycles. The van der Waals surface area contributed by atoms with Crippen molar-refractivity contribution in [1.29, 1.82) is 0 Å². The third-order valence-corrected chi connectivity index (χ3v) is 9.02. The fourth-order valence-electron chi connectivity index (χ4n) is 0.898. The summed E-state index contributed by atoms with van der Waals surface area (Å²) >= 11 is -3.78. The predicted molar refractivity (Wildman–Crippen MR) is 55.6 cm³/mol. The fraction of sp³-hybridized carbons (Fsp3) is 1.00. The van der Waals surface area contributed by atoms with Gasteiger partial charge in [-0.3, -0.25) is 0 Å². The van der Waals surface area contributed by atoms with Crippen LogP contribution in [0.25, 0.3) is 0 Å². The predicted octanol–water partition coefficient (Wildman–Crippen LogP) is 2.44. The van der Waals surface area contributed by atoms with Gasteiger partial charge in [0, 0.05) is 0 Å². The monoisotopic (exact) mass is 388 g/mol. The van der Waals surface area contributed by atoms with E-state index in [2.05, 4.69) is 27.7 Å². The molecule has 15 heavy (non-hydrogen) atoms. The summed E-state index contributed by atoms with van der Waals surface area (Å²) in [6, 6.07) is 0. The van der Waals surface area contributed by atoms with Gasteiger partial charge in [0.1, 0.15) is 0 Å². The molecule has 0 rings (SSSR count). The van der Waals surface area contributed by atoms with Crippen molar-refractivity contribution in [3.63, 3.8) is 0 Å². The fourth-order valence-corrected chi connectivity index (χ4v) is 7.35. The van der Waals surface area contributed by atoms with Crippen molar-refractivity contribution in [2.45, 2.75) is 27.7 Å². The molecule has 0 spiro atoms. The molecule has 0 amide bonds. The van der Waals surface area contributed by atoms with Gasteiger partial charge in [-0.15, -0.1) is 0 Å². The van der Waals surface area contributed by atoms with E-state index in [4.69, 9.17) is 11.4 Å². The van der Waals surface area contributed by atoms with Crippen LogP contribution in [0.1, 0.15) is 27.7 Å². The van der Waals surface area contributed by atoms with Gasteiger partial charge in [0.2, 0.25) is 0 Å². The Morgan fingerprint density at radius 2 is 1.13 bits per heavy atom. The van der Waals surface area contributed by atoms with Crippen molar-refractivity contribution in [3.05, 3.63) is 0 Å². The standard InChI is InChI=1S/2C4H9O.2CH3O.Hf/c2*1-4(2)3-5;2*1-2;/h2*4H,3H2,1-2H3;2*1H3;/q4*-1;+4. The van der Waals surface area contributed by atoms with Crippen LogP contribution < -0.4 is 0 Å². The Balaban J connectivity index is 4.17. The zero-order chi connectivity index (χ0) is 11.9. The Hall–Kier alpha value is 0.710. The molecule has 0 N–H and O–H groups in total. The molecule has 0 saturated heterocycles. The van der Waals surface area contributed by atoms with Gasteiger partial charge in [0.25, 0.3) is 0 Å². The molecular formula is C10H24HfO4. The van der Waals surface area contributed by atoms with Crippen molar-refractivity contribution in [2.24, 2.45) is 11.8 Å². The Bertz CT molecular complexity index is 144. The molecule has 5 heteroatoms. The summed E-state index contributed by atoms with van der Waals surface area (Å²) in [5.41, 5.74) is 0. The molecule has 0 heterocycles. The van der Waals surface area contributed by atoms with E-state index in [9.17, 15) is 0 Å². The average Bonchev–Trinajstić information content (AvgIpc) is 2.19. The summed E-state index contributed by atoms with van der Waals surface area (Å²) in [6.07, 6.45) is 0. The second-order valence-corrected chi connectivity index (χ2v) is 12.9. The van der Waals surface area contributed by atoms with Crippen LogP contribution in [0.3, 0.4) is 0 Å². The first-order valence-corrected chi connectivity index (χ1v) is 11.2. The Morgan fingerprint density at radius 3 is 1.33 bits per heavy atom. The van der Waals surface area contributed by atoms with Crippen molar-refractivity contribution < 1.29 is 33.1 Å². The zero-order valence-corrected chi connectivity index (χ0v) is 14.3. The minimum absolute atomic E-state index is 0.456. The third kappa shape index (κ3) is 6.79. The normalized spacial score (nSPS) is 12.8. The van der Waals surface area contributed by atoms with Gasteiger partial charge < -0.3 is 0 Å². The summed E-state index contributed by atoms with van der Waals surface area (Å²) in [5, 5.41) is 0. The van der Waals surface area contributed by atoms with Crippen LogP contribution in [0.2, 0.25) is 0 Å². The van der Waals surface area contributed by atoms with Crippen LogP contribution in [-0.4, -0.2) is 27.4 Å². The first kappa shape index (κ1) is 15.7. The van der Waals surface area contributed by atoms with Gasteiger partial charge in [0.15, 0.2) is 0 Å². The maximum absolute atomic E-state index is 5.70. The van der Waals surface area contributed by atoms with E-state index in [-0.39, 0.29) is 0 Å². The van der Waals surface area contributed by atoms with Crippen molar-refractivity contribution >= 4 is 0 Å². The topological polar surface area (TPSA) is 36.9 Å². The van der Waals surface area contributed by atoms with Gasteiger partial charge in [-0.25, -0.2) is 0 Å². The molecule has 92 valence electrons. The zero-order valence-electron chi connectivity index (χ0n) is 10.7. The molecule has 0 unspecified atom stereocenters. The minimum atomic E-state index is -3.78. The molecule has 0 aliphatic rings. The SMILES string of the molecule is C[O][Hf]([O]C)([O]CC(C)C)[O]CC(C)C. The number of hydrogen-bond donors (Lipinski definition) is 0. The van der Waals surface area contributed by atoms with E-state index < -0.39 is 21.7 Å². The summed E-state index contributed by atoms with van der Waals surface area (Å²) in [4.78, 5) is 0. The molecule has 0 atom stereocenters. The van der Waals surface area contributed by atoms with Crippen LogP contribution in [-0.2, 0) is 33.1 Å².